The van der Waals surface area contributed by atoms with Crippen LogP contribution in [0.3, 0.4) is 0 Å². The molecule has 35 heavy (non-hydrogen) atoms. The van der Waals surface area contributed by atoms with Crippen molar-refractivity contribution in [2.45, 2.75) is 24.7 Å². The van der Waals surface area contributed by atoms with Crippen LogP contribution in [0.2, 0.25) is 5.02 Å². The van der Waals surface area contributed by atoms with Crippen molar-refractivity contribution in [1.29, 1.82) is 0 Å². The van der Waals surface area contributed by atoms with E-state index in [0.717, 1.165) is 22.2 Å². The van der Waals surface area contributed by atoms with Crippen LogP contribution in [0.4, 0.5) is 5.69 Å². The lowest BCUT2D eigenvalue weighted by Crippen LogP contribution is -2.53. The summed E-state index contributed by atoms with van der Waals surface area (Å²) in [4.78, 5) is 22.2. The van der Waals surface area contributed by atoms with Crippen LogP contribution in [0.5, 0.6) is 0 Å². The second-order valence-corrected chi connectivity index (χ2v) is 11.7. The third kappa shape index (κ3) is 4.87. The van der Waals surface area contributed by atoms with Crippen LogP contribution in [-0.4, -0.2) is 67.8 Å². The Morgan fingerprint density at radius 3 is 2.49 bits per heavy atom. The number of fused-ring (bicyclic) bond motifs is 1. The van der Waals surface area contributed by atoms with E-state index in [-0.39, 0.29) is 23.3 Å². The van der Waals surface area contributed by atoms with Crippen LogP contribution in [0, 0.1) is 12.8 Å². The summed E-state index contributed by atoms with van der Waals surface area (Å²) in [6, 6.07) is 14.6. The van der Waals surface area contributed by atoms with Gasteiger partial charge >= 0.3 is 0 Å². The zero-order valence-corrected chi connectivity index (χ0v) is 21.3. The molecule has 3 aromatic rings. The minimum absolute atomic E-state index is 0.0554. The van der Waals surface area contributed by atoms with Crippen molar-refractivity contribution in [1.82, 2.24) is 14.2 Å². The Labute approximate surface area is 211 Å². The number of sulfonamides is 1. The second-order valence-electron chi connectivity index (χ2n) is 9.32. The minimum Gasteiger partial charge on any atom is -0.367 e. The summed E-state index contributed by atoms with van der Waals surface area (Å²) in [5.74, 6) is -0.251. The molecule has 3 heterocycles. The van der Waals surface area contributed by atoms with Crippen molar-refractivity contribution in [2.24, 2.45) is 5.92 Å². The van der Waals surface area contributed by atoms with E-state index in [2.05, 4.69) is 9.88 Å². The van der Waals surface area contributed by atoms with Gasteiger partial charge in [0.1, 0.15) is 0 Å². The lowest BCUT2D eigenvalue weighted by Gasteiger charge is -2.39. The number of hydrogen-bond acceptors (Lipinski definition) is 5. The Morgan fingerprint density at radius 1 is 1.00 bits per heavy atom. The number of rotatable bonds is 4. The van der Waals surface area contributed by atoms with E-state index in [1.807, 2.05) is 36.1 Å². The second kappa shape index (κ2) is 9.76. The van der Waals surface area contributed by atoms with Crippen LogP contribution >= 0.6 is 11.6 Å². The summed E-state index contributed by atoms with van der Waals surface area (Å²) in [6.45, 7) is 5.27. The number of nitrogens with zero attached hydrogens (tertiary/aromatic N) is 4. The molecule has 0 radical (unpaired) electrons. The summed E-state index contributed by atoms with van der Waals surface area (Å²) in [6.07, 6.45) is 3.19. The zero-order chi connectivity index (χ0) is 24.6. The summed E-state index contributed by atoms with van der Waals surface area (Å²) in [5.41, 5.74) is 2.95. The number of aromatic nitrogens is 1. The normalized spacial score (nSPS) is 19.8. The summed E-state index contributed by atoms with van der Waals surface area (Å²) in [7, 11) is -3.61. The van der Waals surface area contributed by atoms with Gasteiger partial charge in [-0.3, -0.25) is 9.78 Å². The standard InChI is InChI=1S/C26H29ClN4O3S/c1-19-4-7-22(8-5-19)35(33,34)31-12-2-3-20(18-31)26(32)30-15-13-29(14-16-30)25-10-11-28-24-17-21(27)6-9-23(24)25/h4-11,17,20H,2-3,12-16,18H2,1H3. The average Bonchev–Trinajstić information content (AvgIpc) is 2.88. The van der Waals surface area contributed by atoms with Crippen molar-refractivity contribution in [2.75, 3.05) is 44.2 Å². The number of carbonyl (C=O) groups excluding carboxylic acids is 1. The Morgan fingerprint density at radius 2 is 1.74 bits per heavy atom. The van der Waals surface area contributed by atoms with Gasteiger partial charge in [-0.25, -0.2) is 8.42 Å². The molecule has 184 valence electrons. The summed E-state index contributed by atoms with van der Waals surface area (Å²) >= 11 is 6.13. The Bertz CT molecular complexity index is 1340. The SMILES string of the molecule is Cc1ccc(S(=O)(=O)N2CCCC(C(=O)N3CCN(c4ccnc5cc(Cl)ccc45)CC3)C2)cc1. The number of hydrogen-bond donors (Lipinski definition) is 0. The lowest BCUT2D eigenvalue weighted by molar-refractivity contribution is -0.137. The molecule has 9 heteroatoms. The van der Waals surface area contributed by atoms with Crippen LogP contribution in [-0.2, 0) is 14.8 Å². The first-order chi connectivity index (χ1) is 16.8. The van der Waals surface area contributed by atoms with E-state index in [9.17, 15) is 13.2 Å². The Balaban J connectivity index is 1.24. The summed E-state index contributed by atoms with van der Waals surface area (Å²) in [5, 5.41) is 1.70. The number of piperazine rings is 1. The van der Waals surface area contributed by atoms with Crippen LogP contribution in [0.25, 0.3) is 10.9 Å². The molecule has 2 aliphatic heterocycles. The fourth-order valence-electron chi connectivity index (χ4n) is 5.03. The van der Waals surface area contributed by atoms with E-state index < -0.39 is 10.0 Å². The van der Waals surface area contributed by atoms with Gasteiger partial charge < -0.3 is 9.80 Å². The molecule has 0 saturated carbocycles. The third-order valence-electron chi connectivity index (χ3n) is 7.01. The molecule has 0 aliphatic carbocycles. The van der Waals surface area contributed by atoms with E-state index in [0.29, 0.717) is 50.6 Å². The van der Waals surface area contributed by atoms with Gasteiger partial charge in [-0.2, -0.15) is 4.31 Å². The maximum Gasteiger partial charge on any atom is 0.243 e. The fraction of sp³-hybridized carbons (Fsp3) is 0.385. The number of pyridine rings is 1. The summed E-state index contributed by atoms with van der Waals surface area (Å²) < 4.78 is 27.8. The molecule has 0 N–H and O–H groups in total. The Kier molecular flexibility index (Phi) is 6.70. The molecule has 2 saturated heterocycles. The molecular weight excluding hydrogens is 484 g/mol. The van der Waals surface area contributed by atoms with Crippen LogP contribution in [0.1, 0.15) is 18.4 Å². The highest BCUT2D eigenvalue weighted by atomic mass is 35.5. The van der Waals surface area contributed by atoms with E-state index in [1.54, 1.807) is 30.5 Å². The molecule has 2 aromatic carbocycles. The number of benzene rings is 2. The number of amides is 1. The zero-order valence-electron chi connectivity index (χ0n) is 19.7. The average molecular weight is 513 g/mol. The van der Waals surface area contributed by atoms with Gasteiger partial charge in [0.05, 0.1) is 16.3 Å². The van der Waals surface area contributed by atoms with Gasteiger partial charge in [0.25, 0.3) is 0 Å². The monoisotopic (exact) mass is 512 g/mol. The van der Waals surface area contributed by atoms with Gasteiger partial charge in [0, 0.05) is 61.6 Å². The molecule has 2 aliphatic rings. The van der Waals surface area contributed by atoms with Gasteiger partial charge in [0.2, 0.25) is 15.9 Å². The van der Waals surface area contributed by atoms with E-state index in [1.165, 1.54) is 4.31 Å². The number of piperidine rings is 1. The lowest BCUT2D eigenvalue weighted by atomic mass is 9.97. The molecule has 1 atom stereocenters. The van der Waals surface area contributed by atoms with Gasteiger partial charge in [-0.1, -0.05) is 29.3 Å². The molecule has 1 unspecified atom stereocenters. The maximum absolute atomic E-state index is 13.4. The van der Waals surface area contributed by atoms with Crippen molar-refractivity contribution < 1.29 is 13.2 Å². The molecular formula is C26H29ClN4O3S. The third-order valence-corrected chi connectivity index (χ3v) is 9.12. The molecule has 2 fully saturated rings. The highest BCUT2D eigenvalue weighted by Gasteiger charge is 2.36. The maximum atomic E-state index is 13.4. The van der Waals surface area contributed by atoms with Crippen molar-refractivity contribution in [3.05, 3.63) is 65.3 Å². The Hall–Kier alpha value is -2.68. The van der Waals surface area contributed by atoms with Crippen molar-refractivity contribution in [3.63, 3.8) is 0 Å². The fourth-order valence-corrected chi connectivity index (χ4v) is 6.72. The quantitative estimate of drug-likeness (QED) is 0.529. The van der Waals surface area contributed by atoms with Gasteiger partial charge in [-0.15, -0.1) is 0 Å². The van der Waals surface area contributed by atoms with Crippen LogP contribution < -0.4 is 4.90 Å². The first kappa shape index (κ1) is 24.0. The van der Waals surface area contributed by atoms with Gasteiger partial charge in [-0.05, 0) is 56.2 Å². The highest BCUT2D eigenvalue weighted by molar-refractivity contribution is 7.89. The largest absolute Gasteiger partial charge is 0.367 e. The molecule has 0 spiro atoms. The first-order valence-electron chi connectivity index (χ1n) is 12.0. The molecule has 0 bridgehead atoms. The number of aryl methyl sites for hydroxylation is 1. The van der Waals surface area contributed by atoms with Crippen LogP contribution in [0.15, 0.2) is 59.6 Å². The highest BCUT2D eigenvalue weighted by Crippen LogP contribution is 2.29. The van der Waals surface area contributed by atoms with E-state index in [4.69, 9.17) is 11.6 Å². The smallest absolute Gasteiger partial charge is 0.243 e. The topological polar surface area (TPSA) is 73.8 Å². The molecule has 1 aromatic heterocycles. The number of carbonyl (C=O) groups is 1. The van der Waals surface area contributed by atoms with Crippen molar-refractivity contribution >= 4 is 44.1 Å². The number of halogens is 1. The first-order valence-corrected chi connectivity index (χ1v) is 13.8. The molecule has 5 rings (SSSR count). The minimum atomic E-state index is -3.61. The predicted molar refractivity (Wildman–Crippen MR) is 138 cm³/mol. The van der Waals surface area contributed by atoms with Gasteiger partial charge in [0.15, 0.2) is 0 Å². The predicted octanol–water partition coefficient (Wildman–Crippen LogP) is 3.95. The number of anilines is 1. The van der Waals surface area contributed by atoms with Crippen molar-refractivity contribution in [3.8, 4) is 0 Å². The molecule has 1 amide bonds. The molecule has 7 nitrogen and oxygen atoms in total. The van der Waals surface area contributed by atoms with E-state index >= 15 is 0 Å².